The lowest BCUT2D eigenvalue weighted by molar-refractivity contribution is -0.135. The number of nitrogens with zero attached hydrogens (tertiary/aromatic N) is 4. The highest BCUT2D eigenvalue weighted by Gasteiger charge is 2.30. The van der Waals surface area contributed by atoms with Crippen LogP contribution in [0.15, 0.2) is 12.1 Å². The van der Waals surface area contributed by atoms with Crippen LogP contribution in [0.1, 0.15) is 60.3 Å². The fourth-order valence-electron chi connectivity index (χ4n) is 4.93. The number of carbonyl (C=O) groups excluding carboxylic acids is 2. The van der Waals surface area contributed by atoms with Crippen molar-refractivity contribution in [1.82, 2.24) is 25.0 Å². The second-order valence-electron chi connectivity index (χ2n) is 9.37. The summed E-state index contributed by atoms with van der Waals surface area (Å²) in [4.78, 5) is 36.6. The van der Waals surface area contributed by atoms with Crippen LogP contribution in [0.4, 0.5) is 0 Å². The van der Waals surface area contributed by atoms with E-state index in [1.165, 1.54) is 25.7 Å². The number of carbonyl (C=O) groups is 2. The first-order valence-corrected chi connectivity index (χ1v) is 11.7. The Morgan fingerprint density at radius 1 is 1.00 bits per heavy atom. The molecule has 162 valence electrons. The first-order chi connectivity index (χ1) is 14.7. The van der Waals surface area contributed by atoms with E-state index in [4.69, 9.17) is 0 Å². The van der Waals surface area contributed by atoms with Gasteiger partial charge in [0.25, 0.3) is 5.91 Å². The zero-order valence-electron chi connectivity index (χ0n) is 17.8. The highest BCUT2D eigenvalue weighted by molar-refractivity contribution is 5.92. The standard InChI is InChI=1S/C23H33N5O2/c29-22(28-13-11-27(12-14-28)19-5-2-6-19)16-26-10-9-20-17(15-26)7-8-21(25-20)23(30)24-18-3-1-4-18/h7-8,18-19H,1-6,9-16H2,(H,24,30). The van der Waals surface area contributed by atoms with Crippen LogP contribution in [0.3, 0.4) is 0 Å². The van der Waals surface area contributed by atoms with E-state index < -0.39 is 0 Å². The van der Waals surface area contributed by atoms with Crippen molar-refractivity contribution in [3.05, 3.63) is 29.1 Å². The SMILES string of the molecule is O=C(NC1CCC1)c1ccc2c(n1)CCN(CC(=O)N1CCN(C3CCC3)CC1)C2. The maximum atomic E-state index is 12.8. The quantitative estimate of drug-likeness (QED) is 0.794. The molecule has 2 aliphatic carbocycles. The molecule has 0 bridgehead atoms. The molecule has 3 heterocycles. The van der Waals surface area contributed by atoms with Crippen LogP contribution in [-0.4, -0.2) is 82.9 Å². The normalized spacial score (nSPS) is 23.4. The molecule has 7 nitrogen and oxygen atoms in total. The molecule has 2 aliphatic heterocycles. The minimum atomic E-state index is -0.0545. The summed E-state index contributed by atoms with van der Waals surface area (Å²) in [5, 5.41) is 3.06. The molecule has 0 aromatic carbocycles. The summed E-state index contributed by atoms with van der Waals surface area (Å²) < 4.78 is 0. The highest BCUT2D eigenvalue weighted by Crippen LogP contribution is 2.26. The molecule has 30 heavy (non-hydrogen) atoms. The number of pyridine rings is 1. The van der Waals surface area contributed by atoms with Gasteiger partial charge >= 0.3 is 0 Å². The number of rotatable bonds is 5. The van der Waals surface area contributed by atoms with Crippen molar-refractivity contribution >= 4 is 11.8 Å². The molecule has 4 aliphatic rings. The van der Waals surface area contributed by atoms with Crippen molar-refractivity contribution in [2.24, 2.45) is 0 Å². The third-order valence-corrected chi connectivity index (χ3v) is 7.42. The van der Waals surface area contributed by atoms with Gasteiger partial charge in [0.1, 0.15) is 5.69 Å². The molecule has 0 atom stereocenters. The van der Waals surface area contributed by atoms with Gasteiger partial charge in [0.05, 0.1) is 6.54 Å². The van der Waals surface area contributed by atoms with Gasteiger partial charge in [0.15, 0.2) is 0 Å². The molecular formula is C23H33N5O2. The van der Waals surface area contributed by atoms with E-state index in [0.717, 1.165) is 75.8 Å². The third-order valence-electron chi connectivity index (χ3n) is 7.42. The fourth-order valence-corrected chi connectivity index (χ4v) is 4.93. The lowest BCUT2D eigenvalue weighted by Gasteiger charge is -2.43. The molecular weight excluding hydrogens is 378 g/mol. The monoisotopic (exact) mass is 411 g/mol. The van der Waals surface area contributed by atoms with E-state index >= 15 is 0 Å². The van der Waals surface area contributed by atoms with Gasteiger partial charge in [-0.3, -0.25) is 19.4 Å². The molecule has 7 heteroatoms. The van der Waals surface area contributed by atoms with Crippen molar-refractivity contribution < 1.29 is 9.59 Å². The Labute approximate surface area is 178 Å². The zero-order valence-corrected chi connectivity index (χ0v) is 17.8. The average Bonchev–Trinajstić information content (AvgIpc) is 2.69. The van der Waals surface area contributed by atoms with E-state index in [2.05, 4.69) is 20.1 Å². The largest absolute Gasteiger partial charge is 0.348 e. The molecule has 3 fully saturated rings. The number of fused-ring (bicyclic) bond motifs is 1. The highest BCUT2D eigenvalue weighted by atomic mass is 16.2. The Hall–Kier alpha value is -1.99. The van der Waals surface area contributed by atoms with Gasteiger partial charge in [-0.1, -0.05) is 12.5 Å². The van der Waals surface area contributed by atoms with Crippen LogP contribution >= 0.6 is 0 Å². The van der Waals surface area contributed by atoms with Crippen molar-refractivity contribution in [1.29, 1.82) is 0 Å². The fraction of sp³-hybridized carbons (Fsp3) is 0.696. The Morgan fingerprint density at radius 3 is 2.43 bits per heavy atom. The summed E-state index contributed by atoms with van der Waals surface area (Å²) in [5.74, 6) is 0.192. The summed E-state index contributed by atoms with van der Waals surface area (Å²) in [6, 6.07) is 4.95. The van der Waals surface area contributed by atoms with Gasteiger partial charge in [0, 0.05) is 63.5 Å². The Morgan fingerprint density at radius 2 is 1.77 bits per heavy atom. The Bertz CT molecular complexity index is 797. The van der Waals surface area contributed by atoms with Crippen molar-refractivity contribution in [2.75, 3.05) is 39.3 Å². The number of hydrogen-bond acceptors (Lipinski definition) is 5. The molecule has 1 aromatic heterocycles. The first kappa shape index (κ1) is 19.9. The average molecular weight is 412 g/mol. The molecule has 0 radical (unpaired) electrons. The third kappa shape index (κ3) is 4.23. The summed E-state index contributed by atoms with van der Waals surface area (Å²) in [5.41, 5.74) is 2.67. The Kier molecular flexibility index (Phi) is 5.74. The van der Waals surface area contributed by atoms with E-state index in [1.54, 1.807) is 0 Å². The Balaban J connectivity index is 1.12. The number of hydrogen-bond donors (Lipinski definition) is 1. The van der Waals surface area contributed by atoms with Crippen LogP contribution in [0.5, 0.6) is 0 Å². The second-order valence-corrected chi connectivity index (χ2v) is 9.37. The van der Waals surface area contributed by atoms with Gasteiger partial charge in [-0.05, 0) is 43.7 Å². The van der Waals surface area contributed by atoms with Gasteiger partial charge in [-0.15, -0.1) is 0 Å². The molecule has 1 saturated heterocycles. The number of aromatic nitrogens is 1. The van der Waals surface area contributed by atoms with Crippen LogP contribution in [0, 0.1) is 0 Å². The van der Waals surface area contributed by atoms with E-state index in [9.17, 15) is 9.59 Å². The predicted molar refractivity (Wildman–Crippen MR) is 114 cm³/mol. The molecule has 2 amide bonds. The summed E-state index contributed by atoms with van der Waals surface area (Å²) in [7, 11) is 0. The topological polar surface area (TPSA) is 68.8 Å². The smallest absolute Gasteiger partial charge is 0.270 e. The molecule has 5 rings (SSSR count). The number of nitrogens with one attached hydrogen (secondary N) is 1. The van der Waals surface area contributed by atoms with E-state index in [1.807, 2.05) is 17.0 Å². The van der Waals surface area contributed by atoms with Gasteiger partial charge < -0.3 is 10.2 Å². The van der Waals surface area contributed by atoms with Crippen molar-refractivity contribution in [2.45, 2.75) is 63.6 Å². The first-order valence-electron chi connectivity index (χ1n) is 11.7. The van der Waals surface area contributed by atoms with Crippen LogP contribution in [-0.2, 0) is 17.8 Å². The van der Waals surface area contributed by atoms with Crippen LogP contribution < -0.4 is 5.32 Å². The van der Waals surface area contributed by atoms with Crippen LogP contribution in [0.25, 0.3) is 0 Å². The maximum Gasteiger partial charge on any atom is 0.270 e. The minimum Gasteiger partial charge on any atom is -0.348 e. The molecule has 0 spiro atoms. The van der Waals surface area contributed by atoms with Gasteiger partial charge in [-0.2, -0.15) is 0 Å². The van der Waals surface area contributed by atoms with Gasteiger partial charge in [0.2, 0.25) is 5.91 Å². The van der Waals surface area contributed by atoms with Crippen LogP contribution in [0.2, 0.25) is 0 Å². The summed E-state index contributed by atoms with van der Waals surface area (Å²) in [6.07, 6.45) is 8.18. The second kappa shape index (κ2) is 8.63. The van der Waals surface area contributed by atoms with Crippen molar-refractivity contribution in [3.63, 3.8) is 0 Å². The zero-order chi connectivity index (χ0) is 20.5. The summed E-state index contributed by atoms with van der Waals surface area (Å²) >= 11 is 0. The number of amides is 2. The minimum absolute atomic E-state index is 0.0545. The predicted octanol–water partition coefficient (Wildman–Crippen LogP) is 1.42. The molecule has 2 saturated carbocycles. The summed E-state index contributed by atoms with van der Waals surface area (Å²) in [6.45, 7) is 5.81. The van der Waals surface area contributed by atoms with E-state index in [0.29, 0.717) is 18.3 Å². The lowest BCUT2D eigenvalue weighted by atomic mass is 9.91. The molecule has 1 N–H and O–H groups in total. The molecule has 0 unspecified atom stereocenters. The van der Waals surface area contributed by atoms with Gasteiger partial charge in [-0.25, -0.2) is 4.98 Å². The lowest BCUT2D eigenvalue weighted by Crippen LogP contribution is -2.55. The van der Waals surface area contributed by atoms with Crippen molar-refractivity contribution in [3.8, 4) is 0 Å². The van der Waals surface area contributed by atoms with E-state index in [-0.39, 0.29) is 11.8 Å². The number of piperazine rings is 1. The molecule has 1 aromatic rings. The maximum absolute atomic E-state index is 12.8.